The van der Waals surface area contributed by atoms with E-state index in [9.17, 15) is 4.79 Å². The Morgan fingerprint density at radius 3 is 3.04 bits per heavy atom. The fourth-order valence-electron chi connectivity index (χ4n) is 4.49. The fourth-order valence-corrected chi connectivity index (χ4v) is 5.58. The van der Waals surface area contributed by atoms with E-state index in [-0.39, 0.29) is 11.9 Å². The Hall–Kier alpha value is -1.43. The second-order valence-corrected chi connectivity index (χ2v) is 8.68. The molecule has 132 valence electrons. The molecule has 6 heteroatoms. The van der Waals surface area contributed by atoms with Crippen molar-refractivity contribution in [1.82, 2.24) is 9.88 Å². The fraction of sp³-hybridized carbons (Fsp3) is 0.474. The van der Waals surface area contributed by atoms with Gasteiger partial charge in [-0.1, -0.05) is 30.2 Å². The van der Waals surface area contributed by atoms with Crippen LogP contribution in [0.25, 0.3) is 10.4 Å². The molecule has 4 nitrogen and oxygen atoms in total. The quantitative estimate of drug-likeness (QED) is 0.882. The van der Waals surface area contributed by atoms with Crippen LogP contribution >= 0.6 is 22.9 Å². The average molecular weight is 376 g/mol. The highest BCUT2D eigenvalue weighted by atomic mass is 35.5. The molecule has 2 heterocycles. The largest absolute Gasteiger partial charge is 0.332 e. The molecule has 1 amide bonds. The number of carbonyl (C=O) groups excluding carboxylic acids is 1. The third-order valence-electron chi connectivity index (χ3n) is 5.57. The lowest BCUT2D eigenvalue weighted by molar-refractivity contribution is 0.0714. The summed E-state index contributed by atoms with van der Waals surface area (Å²) < 4.78 is 0. The second kappa shape index (κ2) is 6.71. The number of halogens is 1. The van der Waals surface area contributed by atoms with E-state index in [0.717, 1.165) is 22.0 Å². The molecule has 1 aliphatic carbocycles. The molecule has 0 radical (unpaired) electrons. The number of hydrogen-bond acceptors (Lipinski definition) is 4. The number of thiazole rings is 1. The maximum absolute atomic E-state index is 13.3. The van der Waals surface area contributed by atoms with Gasteiger partial charge < -0.3 is 10.6 Å². The molecule has 0 unspecified atom stereocenters. The monoisotopic (exact) mass is 375 g/mol. The zero-order valence-electron chi connectivity index (χ0n) is 14.2. The van der Waals surface area contributed by atoms with E-state index in [0.29, 0.717) is 29.1 Å². The standard InChI is InChI=1S/C19H22ClN3OS/c1-11-22-17(18(25-11)12-4-2-6-14(20)8-12)19(24)23-10-13-5-3-7-15(13)16(23)9-21/h2,4,6,8,13,15-16H,3,5,7,9-10,21H2,1H3/t13-,15-,16+/m0/s1. The smallest absolute Gasteiger partial charge is 0.274 e. The summed E-state index contributed by atoms with van der Waals surface area (Å²) in [5, 5.41) is 1.56. The van der Waals surface area contributed by atoms with Gasteiger partial charge in [-0.25, -0.2) is 4.98 Å². The lowest BCUT2D eigenvalue weighted by Crippen LogP contribution is -2.43. The van der Waals surface area contributed by atoms with Crippen molar-refractivity contribution in [2.45, 2.75) is 32.2 Å². The molecule has 0 bridgehead atoms. The molecule has 0 spiro atoms. The van der Waals surface area contributed by atoms with Gasteiger partial charge in [-0.05, 0) is 49.3 Å². The van der Waals surface area contributed by atoms with Crippen molar-refractivity contribution >= 4 is 28.8 Å². The SMILES string of the molecule is Cc1nc(C(=O)N2C[C@@H]3CCC[C@@H]3[C@H]2CN)c(-c2cccc(Cl)c2)s1. The van der Waals surface area contributed by atoms with Gasteiger partial charge >= 0.3 is 0 Å². The van der Waals surface area contributed by atoms with Gasteiger partial charge in [0.2, 0.25) is 0 Å². The van der Waals surface area contributed by atoms with Crippen LogP contribution in [0, 0.1) is 18.8 Å². The summed E-state index contributed by atoms with van der Waals surface area (Å²) in [7, 11) is 0. The Morgan fingerprint density at radius 2 is 2.28 bits per heavy atom. The summed E-state index contributed by atoms with van der Waals surface area (Å²) in [6, 6.07) is 7.77. The van der Waals surface area contributed by atoms with Crippen LogP contribution in [-0.4, -0.2) is 34.9 Å². The van der Waals surface area contributed by atoms with Crippen molar-refractivity contribution in [2.75, 3.05) is 13.1 Å². The number of nitrogens with two attached hydrogens (primary N) is 1. The minimum absolute atomic E-state index is 0.0178. The molecule has 25 heavy (non-hydrogen) atoms. The molecule has 2 aliphatic rings. The molecule has 3 atom stereocenters. The Kier molecular flexibility index (Phi) is 4.56. The first kappa shape index (κ1) is 17.0. The Balaban J connectivity index is 1.69. The average Bonchev–Trinajstić information content (AvgIpc) is 3.27. The van der Waals surface area contributed by atoms with E-state index in [1.54, 1.807) is 11.3 Å². The molecular formula is C19H22ClN3OS. The number of nitrogens with zero attached hydrogens (tertiary/aromatic N) is 2. The molecule has 2 N–H and O–H groups in total. The van der Waals surface area contributed by atoms with Gasteiger partial charge in [0.25, 0.3) is 5.91 Å². The van der Waals surface area contributed by atoms with Gasteiger partial charge in [0, 0.05) is 24.2 Å². The summed E-state index contributed by atoms with van der Waals surface area (Å²) >= 11 is 7.69. The number of rotatable bonds is 3. The zero-order valence-corrected chi connectivity index (χ0v) is 15.8. The summed E-state index contributed by atoms with van der Waals surface area (Å²) in [6.45, 7) is 3.29. The van der Waals surface area contributed by atoms with E-state index in [2.05, 4.69) is 4.98 Å². The number of fused-ring (bicyclic) bond motifs is 1. The molecule has 2 aromatic rings. The Labute approximate surface area is 157 Å². The van der Waals surface area contributed by atoms with Gasteiger partial charge in [0.1, 0.15) is 5.69 Å². The second-order valence-electron chi connectivity index (χ2n) is 7.04. The lowest BCUT2D eigenvalue weighted by atomic mass is 9.94. The van der Waals surface area contributed by atoms with Crippen LogP contribution in [0.4, 0.5) is 0 Å². The number of carbonyl (C=O) groups is 1. The van der Waals surface area contributed by atoms with Gasteiger partial charge in [-0.2, -0.15) is 0 Å². The predicted octanol–water partition coefficient (Wildman–Crippen LogP) is 3.97. The van der Waals surface area contributed by atoms with Crippen LogP contribution in [0.2, 0.25) is 5.02 Å². The topological polar surface area (TPSA) is 59.2 Å². The molecule has 1 aromatic carbocycles. The Morgan fingerprint density at radius 1 is 1.44 bits per heavy atom. The first-order chi connectivity index (χ1) is 12.1. The molecule has 1 aliphatic heterocycles. The Bertz CT molecular complexity index is 806. The zero-order chi connectivity index (χ0) is 17.6. The summed E-state index contributed by atoms with van der Waals surface area (Å²) in [6.07, 6.45) is 3.66. The van der Waals surface area contributed by atoms with Gasteiger partial charge in [-0.15, -0.1) is 11.3 Å². The first-order valence-corrected chi connectivity index (χ1v) is 10.0. The third-order valence-corrected chi connectivity index (χ3v) is 6.82. The van der Waals surface area contributed by atoms with Crippen molar-refractivity contribution in [3.8, 4) is 10.4 Å². The molecule has 1 aromatic heterocycles. The van der Waals surface area contributed by atoms with Crippen molar-refractivity contribution < 1.29 is 4.79 Å². The van der Waals surface area contributed by atoms with Crippen LogP contribution in [0.5, 0.6) is 0 Å². The normalized spacial score (nSPS) is 25.4. The minimum atomic E-state index is 0.0178. The van der Waals surface area contributed by atoms with Crippen LogP contribution in [0.3, 0.4) is 0 Å². The molecule has 1 saturated carbocycles. The maximum Gasteiger partial charge on any atom is 0.274 e. The first-order valence-electron chi connectivity index (χ1n) is 8.83. The van der Waals surface area contributed by atoms with Crippen LogP contribution < -0.4 is 5.73 Å². The highest BCUT2D eigenvalue weighted by Gasteiger charge is 2.46. The van der Waals surface area contributed by atoms with Crippen molar-refractivity contribution in [1.29, 1.82) is 0 Å². The van der Waals surface area contributed by atoms with E-state index < -0.39 is 0 Å². The van der Waals surface area contributed by atoms with Crippen molar-refractivity contribution in [3.05, 3.63) is 40.0 Å². The van der Waals surface area contributed by atoms with E-state index in [4.69, 9.17) is 17.3 Å². The van der Waals surface area contributed by atoms with Crippen molar-refractivity contribution in [2.24, 2.45) is 17.6 Å². The highest BCUT2D eigenvalue weighted by molar-refractivity contribution is 7.15. The maximum atomic E-state index is 13.3. The summed E-state index contributed by atoms with van der Waals surface area (Å²) in [5.74, 6) is 1.18. The lowest BCUT2D eigenvalue weighted by Gasteiger charge is -2.26. The number of aromatic nitrogens is 1. The molecule has 2 fully saturated rings. The summed E-state index contributed by atoms with van der Waals surface area (Å²) in [4.78, 5) is 20.8. The van der Waals surface area contributed by atoms with E-state index in [1.165, 1.54) is 19.3 Å². The number of likely N-dealkylation sites (tertiary alicyclic amines) is 1. The van der Waals surface area contributed by atoms with E-state index in [1.807, 2.05) is 36.1 Å². The van der Waals surface area contributed by atoms with Crippen LogP contribution in [0.15, 0.2) is 24.3 Å². The van der Waals surface area contributed by atoms with Gasteiger partial charge in [-0.3, -0.25) is 4.79 Å². The molecule has 1 saturated heterocycles. The summed E-state index contributed by atoms with van der Waals surface area (Å²) in [5.41, 5.74) is 7.53. The van der Waals surface area contributed by atoms with Crippen LogP contribution in [0.1, 0.15) is 34.8 Å². The number of benzene rings is 1. The van der Waals surface area contributed by atoms with E-state index >= 15 is 0 Å². The van der Waals surface area contributed by atoms with Gasteiger partial charge in [0.05, 0.1) is 9.88 Å². The van der Waals surface area contributed by atoms with Gasteiger partial charge in [0.15, 0.2) is 0 Å². The van der Waals surface area contributed by atoms with Crippen LogP contribution in [-0.2, 0) is 0 Å². The third kappa shape index (κ3) is 2.98. The number of hydrogen-bond donors (Lipinski definition) is 1. The van der Waals surface area contributed by atoms with Crippen molar-refractivity contribution in [3.63, 3.8) is 0 Å². The molecular weight excluding hydrogens is 354 g/mol. The predicted molar refractivity (Wildman–Crippen MR) is 102 cm³/mol. The number of aryl methyl sites for hydroxylation is 1. The number of amides is 1. The highest BCUT2D eigenvalue weighted by Crippen LogP contribution is 2.43. The minimum Gasteiger partial charge on any atom is -0.332 e. The molecule has 4 rings (SSSR count).